The first-order valence-corrected chi connectivity index (χ1v) is 11.4. The van der Waals surface area contributed by atoms with Crippen molar-refractivity contribution in [1.82, 2.24) is 5.32 Å². The average Bonchev–Trinajstić information content (AvgIpc) is 3.01. The molecule has 0 unspecified atom stereocenters. The van der Waals surface area contributed by atoms with E-state index in [9.17, 15) is 10.1 Å². The highest BCUT2D eigenvalue weighted by Crippen LogP contribution is 2.44. The fourth-order valence-electron chi connectivity index (χ4n) is 4.15. The summed E-state index contributed by atoms with van der Waals surface area (Å²) in [7, 11) is 0. The zero-order chi connectivity index (χ0) is 21.9. The van der Waals surface area contributed by atoms with E-state index in [2.05, 4.69) is 51.3 Å². The van der Waals surface area contributed by atoms with Crippen LogP contribution in [0.4, 0.5) is 5.00 Å². The first-order chi connectivity index (χ1) is 14.2. The zero-order valence-corrected chi connectivity index (χ0v) is 19.3. The van der Waals surface area contributed by atoms with Crippen molar-refractivity contribution in [2.24, 2.45) is 0 Å². The van der Waals surface area contributed by atoms with Gasteiger partial charge >= 0.3 is 0 Å². The van der Waals surface area contributed by atoms with Gasteiger partial charge in [-0.1, -0.05) is 19.8 Å². The van der Waals surface area contributed by atoms with Crippen LogP contribution in [0.1, 0.15) is 80.2 Å². The molecule has 0 saturated heterocycles. The maximum absolute atomic E-state index is 12.8. The van der Waals surface area contributed by atoms with E-state index in [0.29, 0.717) is 22.7 Å². The van der Waals surface area contributed by atoms with Crippen molar-refractivity contribution in [2.45, 2.75) is 71.4 Å². The predicted molar refractivity (Wildman–Crippen MR) is 122 cm³/mol. The van der Waals surface area contributed by atoms with Gasteiger partial charge in [-0.25, -0.2) is 0 Å². The molecule has 0 bridgehead atoms. The van der Waals surface area contributed by atoms with Gasteiger partial charge in [0.1, 0.15) is 16.8 Å². The number of rotatable bonds is 7. The molecule has 5 nitrogen and oxygen atoms in total. The number of carbonyl (C=O) groups is 1. The van der Waals surface area contributed by atoms with E-state index < -0.39 is 0 Å². The van der Waals surface area contributed by atoms with E-state index in [1.807, 2.05) is 12.1 Å². The Morgan fingerprint density at radius 3 is 2.57 bits per heavy atom. The number of fused-ring (bicyclic) bond motifs is 1. The van der Waals surface area contributed by atoms with Crippen LogP contribution in [0.25, 0.3) is 0 Å². The van der Waals surface area contributed by atoms with Crippen molar-refractivity contribution in [3.05, 3.63) is 45.8 Å². The second-order valence-corrected chi connectivity index (χ2v) is 10.1. The lowest BCUT2D eigenvalue weighted by Crippen LogP contribution is -2.54. The quantitative estimate of drug-likeness (QED) is 0.566. The summed E-state index contributed by atoms with van der Waals surface area (Å²) in [5.74, 6) is 0.551. The van der Waals surface area contributed by atoms with Crippen LogP contribution < -0.4 is 15.4 Å². The van der Waals surface area contributed by atoms with Gasteiger partial charge in [-0.3, -0.25) is 4.79 Å². The summed E-state index contributed by atoms with van der Waals surface area (Å²) in [5, 5.41) is 17.0. The number of hydrogen-bond donors (Lipinski definition) is 2. The van der Waals surface area contributed by atoms with Gasteiger partial charge in [-0.2, -0.15) is 5.26 Å². The van der Waals surface area contributed by atoms with Crippen LogP contribution in [0.2, 0.25) is 0 Å². The maximum atomic E-state index is 12.8. The Morgan fingerprint density at radius 2 is 1.93 bits per heavy atom. The molecule has 0 atom stereocenters. The maximum Gasteiger partial charge on any atom is 0.256 e. The van der Waals surface area contributed by atoms with Crippen molar-refractivity contribution in [1.29, 1.82) is 5.26 Å². The topological polar surface area (TPSA) is 74.1 Å². The number of unbranched alkanes of at least 4 members (excludes halogenated alkanes) is 2. The van der Waals surface area contributed by atoms with Crippen molar-refractivity contribution in [3.63, 3.8) is 0 Å². The van der Waals surface area contributed by atoms with Gasteiger partial charge in [0, 0.05) is 21.5 Å². The Kier molecular flexibility index (Phi) is 6.54. The summed E-state index contributed by atoms with van der Waals surface area (Å²) in [6, 6.07) is 9.49. The lowest BCUT2D eigenvalue weighted by atomic mass is 9.81. The standard InChI is InChI=1S/C24H31N3O2S/c1-6-7-8-13-29-17-11-9-16(10-12-17)21(28)26-22-19(15-25)18-14-23(2,3)27-24(4,5)20(18)30-22/h9-12,27H,6-8,13-14H2,1-5H3,(H,26,28). The Balaban J connectivity index is 1.76. The molecule has 3 rings (SSSR count). The molecule has 1 aliphatic heterocycles. The molecule has 6 heteroatoms. The Hall–Kier alpha value is -2.36. The second-order valence-electron chi connectivity index (χ2n) is 9.07. The number of nitrogens with zero attached hydrogens (tertiary/aromatic N) is 1. The van der Waals surface area contributed by atoms with Crippen LogP contribution in [0, 0.1) is 11.3 Å². The molecule has 0 aliphatic carbocycles. The van der Waals surface area contributed by atoms with Gasteiger partial charge in [-0.05, 0) is 70.4 Å². The SMILES string of the molecule is CCCCCOc1ccc(C(=O)Nc2sc3c(c2C#N)CC(C)(C)NC3(C)C)cc1. The molecule has 2 aromatic rings. The van der Waals surface area contributed by atoms with E-state index in [0.717, 1.165) is 41.9 Å². The molecule has 0 spiro atoms. The van der Waals surface area contributed by atoms with Gasteiger partial charge in [0.05, 0.1) is 12.2 Å². The van der Waals surface area contributed by atoms with Crippen molar-refractivity contribution in [3.8, 4) is 11.8 Å². The highest BCUT2D eigenvalue weighted by molar-refractivity contribution is 7.17. The van der Waals surface area contributed by atoms with Gasteiger partial charge in [0.15, 0.2) is 0 Å². The summed E-state index contributed by atoms with van der Waals surface area (Å²) in [6.45, 7) is 11.4. The minimum absolute atomic E-state index is 0.114. The molecule has 0 radical (unpaired) electrons. The Bertz CT molecular complexity index is 952. The minimum Gasteiger partial charge on any atom is -0.494 e. The second kappa shape index (κ2) is 8.79. The molecule has 1 aromatic carbocycles. The van der Waals surface area contributed by atoms with Crippen molar-refractivity contribution in [2.75, 3.05) is 11.9 Å². The average molecular weight is 426 g/mol. The van der Waals surface area contributed by atoms with E-state index >= 15 is 0 Å². The lowest BCUT2D eigenvalue weighted by Gasteiger charge is -2.42. The summed E-state index contributed by atoms with van der Waals surface area (Å²) in [4.78, 5) is 13.9. The number of anilines is 1. The minimum atomic E-state index is -0.257. The van der Waals surface area contributed by atoms with Crippen LogP contribution in [0.15, 0.2) is 24.3 Å². The third-order valence-corrected chi connectivity index (χ3v) is 6.79. The number of ether oxygens (including phenoxy) is 1. The molecule has 0 fully saturated rings. The number of hydrogen-bond acceptors (Lipinski definition) is 5. The summed E-state index contributed by atoms with van der Waals surface area (Å²) >= 11 is 1.49. The van der Waals surface area contributed by atoms with Crippen LogP contribution in [-0.2, 0) is 12.0 Å². The highest BCUT2D eigenvalue weighted by atomic mass is 32.1. The number of amides is 1. The Labute approximate surface area is 183 Å². The molecule has 160 valence electrons. The van der Waals surface area contributed by atoms with E-state index in [1.165, 1.54) is 11.3 Å². The summed E-state index contributed by atoms with van der Waals surface area (Å²) in [5.41, 5.74) is 1.80. The number of carbonyl (C=O) groups excluding carboxylic acids is 1. The fraction of sp³-hybridized carbons (Fsp3) is 0.500. The number of benzene rings is 1. The van der Waals surface area contributed by atoms with Gasteiger partial charge in [0.2, 0.25) is 0 Å². The lowest BCUT2D eigenvalue weighted by molar-refractivity contribution is 0.102. The molecule has 1 aromatic heterocycles. The molecule has 2 heterocycles. The highest BCUT2D eigenvalue weighted by Gasteiger charge is 2.40. The molecule has 1 amide bonds. The molecule has 2 N–H and O–H groups in total. The fourth-order valence-corrected chi connectivity index (χ4v) is 5.38. The number of nitrogens with one attached hydrogen (secondary N) is 2. The van der Waals surface area contributed by atoms with Gasteiger partial charge in [0.25, 0.3) is 5.91 Å². The monoisotopic (exact) mass is 425 g/mol. The predicted octanol–water partition coefficient (Wildman–Crippen LogP) is 5.60. The summed E-state index contributed by atoms with van der Waals surface area (Å²) in [6.07, 6.45) is 4.09. The molecular formula is C24H31N3O2S. The summed E-state index contributed by atoms with van der Waals surface area (Å²) < 4.78 is 5.72. The Morgan fingerprint density at radius 1 is 1.23 bits per heavy atom. The van der Waals surface area contributed by atoms with E-state index in [4.69, 9.17) is 4.74 Å². The number of thiophene rings is 1. The molecule has 30 heavy (non-hydrogen) atoms. The van der Waals surface area contributed by atoms with Crippen LogP contribution in [0.5, 0.6) is 5.75 Å². The van der Waals surface area contributed by atoms with E-state index in [1.54, 1.807) is 12.1 Å². The number of nitriles is 1. The van der Waals surface area contributed by atoms with Crippen LogP contribution in [0.3, 0.4) is 0 Å². The van der Waals surface area contributed by atoms with E-state index in [-0.39, 0.29) is 17.0 Å². The first kappa shape index (κ1) is 22.3. The van der Waals surface area contributed by atoms with Crippen molar-refractivity contribution < 1.29 is 9.53 Å². The zero-order valence-electron chi connectivity index (χ0n) is 18.5. The van der Waals surface area contributed by atoms with Gasteiger partial charge in [-0.15, -0.1) is 11.3 Å². The third kappa shape index (κ3) is 4.85. The van der Waals surface area contributed by atoms with Crippen LogP contribution >= 0.6 is 11.3 Å². The molecular weight excluding hydrogens is 394 g/mol. The first-order valence-electron chi connectivity index (χ1n) is 10.6. The largest absolute Gasteiger partial charge is 0.494 e. The smallest absolute Gasteiger partial charge is 0.256 e. The van der Waals surface area contributed by atoms with Crippen LogP contribution in [-0.4, -0.2) is 18.1 Å². The third-order valence-electron chi connectivity index (χ3n) is 5.32. The van der Waals surface area contributed by atoms with Gasteiger partial charge < -0.3 is 15.4 Å². The molecule has 1 aliphatic rings. The normalized spacial score (nSPS) is 16.4. The molecule has 0 saturated carbocycles. The van der Waals surface area contributed by atoms with Crippen molar-refractivity contribution >= 4 is 22.2 Å².